The van der Waals surface area contributed by atoms with Gasteiger partial charge in [-0.15, -0.1) is 0 Å². The molecule has 3 N–H and O–H groups in total. The molecule has 1 aromatic carbocycles. The number of piperidine rings is 1. The number of H-pyrrole nitrogens is 1. The second kappa shape index (κ2) is 5.88. The summed E-state index contributed by atoms with van der Waals surface area (Å²) in [5.74, 6) is 0.517. The SMILES string of the molecule is CC(=O)O.O=c1[nH]cnc2ccc(C3C[C@@H]4C[C@@H]3CN4)cc12. The number of hydrogen-bond donors (Lipinski definition) is 3. The van der Waals surface area contributed by atoms with Crippen LogP contribution in [0.25, 0.3) is 10.9 Å². The molecule has 3 atom stereocenters. The fraction of sp³-hybridized carbons (Fsp3) is 0.438. The lowest BCUT2D eigenvalue weighted by Gasteiger charge is -2.22. The van der Waals surface area contributed by atoms with Gasteiger partial charge < -0.3 is 15.4 Å². The standard InChI is InChI=1S/C14H15N3O.C2H4O2/c18-14-12-4-8(1-2-13(12)16-7-17-14)11-5-10-3-9(11)6-15-10;1-2(3)4/h1-2,4,7,9-11,15H,3,5-6H2,(H,16,17,18);1H3,(H,3,4)/t9-,10+,11?;/m1./s1. The lowest BCUT2D eigenvalue weighted by atomic mass is 9.87. The van der Waals surface area contributed by atoms with Crippen molar-refractivity contribution in [3.63, 3.8) is 0 Å². The van der Waals surface area contributed by atoms with Crippen LogP contribution in [0.3, 0.4) is 0 Å². The number of carboxylic acids is 1. The zero-order valence-electron chi connectivity index (χ0n) is 12.4. The molecule has 1 saturated heterocycles. The number of carboxylic acid groups (broad SMARTS) is 1. The lowest BCUT2D eigenvalue weighted by molar-refractivity contribution is -0.134. The summed E-state index contributed by atoms with van der Waals surface area (Å²) in [5.41, 5.74) is 2.04. The summed E-state index contributed by atoms with van der Waals surface area (Å²) in [6.45, 7) is 2.21. The monoisotopic (exact) mass is 301 g/mol. The van der Waals surface area contributed by atoms with E-state index in [-0.39, 0.29) is 5.56 Å². The van der Waals surface area contributed by atoms with Crippen LogP contribution >= 0.6 is 0 Å². The minimum absolute atomic E-state index is 0.0388. The summed E-state index contributed by atoms with van der Waals surface area (Å²) >= 11 is 0. The predicted octanol–water partition coefficient (Wildman–Crippen LogP) is 1.48. The number of fused-ring (bicyclic) bond motifs is 3. The number of nitrogens with zero attached hydrogens (tertiary/aromatic N) is 1. The molecule has 2 heterocycles. The van der Waals surface area contributed by atoms with Gasteiger partial charge in [-0.3, -0.25) is 9.59 Å². The highest BCUT2D eigenvalue weighted by molar-refractivity contribution is 5.78. The number of carbonyl (C=O) groups is 1. The van der Waals surface area contributed by atoms with Crippen molar-refractivity contribution in [2.24, 2.45) is 5.92 Å². The minimum Gasteiger partial charge on any atom is -0.481 e. The lowest BCUT2D eigenvalue weighted by Crippen LogP contribution is -2.28. The highest BCUT2D eigenvalue weighted by atomic mass is 16.4. The van der Waals surface area contributed by atoms with Gasteiger partial charge in [-0.05, 0) is 48.9 Å². The van der Waals surface area contributed by atoms with Gasteiger partial charge >= 0.3 is 0 Å². The van der Waals surface area contributed by atoms with E-state index in [1.54, 1.807) is 0 Å². The number of rotatable bonds is 1. The van der Waals surface area contributed by atoms with Crippen molar-refractivity contribution >= 4 is 16.9 Å². The Hall–Kier alpha value is -2.21. The van der Waals surface area contributed by atoms with Gasteiger partial charge in [0.25, 0.3) is 11.5 Å². The van der Waals surface area contributed by atoms with E-state index in [9.17, 15) is 4.79 Å². The molecule has 1 aliphatic carbocycles. The smallest absolute Gasteiger partial charge is 0.300 e. The number of benzene rings is 1. The number of aromatic amines is 1. The van der Waals surface area contributed by atoms with Crippen molar-refractivity contribution in [2.45, 2.75) is 31.7 Å². The number of nitrogens with one attached hydrogen (secondary N) is 2. The van der Waals surface area contributed by atoms with Crippen molar-refractivity contribution in [1.82, 2.24) is 15.3 Å². The average Bonchev–Trinajstić information content (AvgIpc) is 3.09. The van der Waals surface area contributed by atoms with Crippen LogP contribution in [-0.4, -0.2) is 33.6 Å². The molecule has 1 unspecified atom stereocenters. The van der Waals surface area contributed by atoms with Gasteiger partial charge in [-0.2, -0.15) is 0 Å². The number of aliphatic carboxylic acids is 1. The van der Waals surface area contributed by atoms with Crippen LogP contribution in [0.5, 0.6) is 0 Å². The van der Waals surface area contributed by atoms with E-state index < -0.39 is 5.97 Å². The average molecular weight is 301 g/mol. The van der Waals surface area contributed by atoms with Gasteiger partial charge in [0.05, 0.1) is 17.2 Å². The molecule has 116 valence electrons. The maximum atomic E-state index is 11.8. The fourth-order valence-electron chi connectivity index (χ4n) is 3.56. The van der Waals surface area contributed by atoms with Gasteiger partial charge in [-0.1, -0.05) is 6.07 Å². The van der Waals surface area contributed by atoms with E-state index in [0.717, 1.165) is 24.9 Å². The quantitative estimate of drug-likeness (QED) is 0.741. The molecule has 0 radical (unpaired) electrons. The zero-order valence-corrected chi connectivity index (χ0v) is 12.4. The molecule has 2 aromatic rings. The Labute approximate surface area is 127 Å². The molecule has 2 bridgehead atoms. The highest BCUT2D eigenvalue weighted by Gasteiger charge is 2.39. The van der Waals surface area contributed by atoms with E-state index >= 15 is 0 Å². The fourth-order valence-corrected chi connectivity index (χ4v) is 3.56. The number of hydrogen-bond acceptors (Lipinski definition) is 4. The summed E-state index contributed by atoms with van der Waals surface area (Å²) in [6.07, 6.45) is 3.95. The zero-order chi connectivity index (χ0) is 15.7. The maximum Gasteiger partial charge on any atom is 0.300 e. The summed E-state index contributed by atoms with van der Waals surface area (Å²) in [6, 6.07) is 6.83. The summed E-state index contributed by atoms with van der Waals surface area (Å²) in [4.78, 5) is 27.6. The molecule has 0 spiro atoms. The topological polar surface area (TPSA) is 95.1 Å². The first kappa shape index (κ1) is 14.7. The molecule has 22 heavy (non-hydrogen) atoms. The van der Waals surface area contributed by atoms with E-state index in [2.05, 4.69) is 21.4 Å². The van der Waals surface area contributed by atoms with E-state index in [1.165, 1.54) is 24.7 Å². The van der Waals surface area contributed by atoms with E-state index in [1.807, 2.05) is 12.1 Å². The van der Waals surface area contributed by atoms with Gasteiger partial charge in [0, 0.05) is 13.0 Å². The van der Waals surface area contributed by atoms with Gasteiger partial charge in [0.2, 0.25) is 0 Å². The molecule has 0 amide bonds. The molecule has 1 aromatic heterocycles. The van der Waals surface area contributed by atoms with Gasteiger partial charge in [-0.25, -0.2) is 4.98 Å². The Balaban J connectivity index is 0.000000325. The van der Waals surface area contributed by atoms with Crippen LogP contribution in [0.2, 0.25) is 0 Å². The second-order valence-corrected chi connectivity index (χ2v) is 5.97. The third-order valence-electron chi connectivity index (χ3n) is 4.46. The molecule has 4 rings (SSSR count). The molecule has 2 fully saturated rings. The van der Waals surface area contributed by atoms with Gasteiger partial charge in [0.1, 0.15) is 0 Å². The Morgan fingerprint density at radius 2 is 2.14 bits per heavy atom. The highest BCUT2D eigenvalue weighted by Crippen LogP contribution is 2.43. The summed E-state index contributed by atoms with van der Waals surface area (Å²) in [7, 11) is 0. The van der Waals surface area contributed by atoms with E-state index in [0.29, 0.717) is 17.3 Å². The third-order valence-corrected chi connectivity index (χ3v) is 4.46. The van der Waals surface area contributed by atoms with Crippen LogP contribution in [0.4, 0.5) is 0 Å². The van der Waals surface area contributed by atoms with Crippen molar-refractivity contribution in [3.05, 3.63) is 40.4 Å². The summed E-state index contributed by atoms with van der Waals surface area (Å²) < 4.78 is 0. The molecule has 2 aliphatic rings. The Kier molecular flexibility index (Phi) is 3.94. The van der Waals surface area contributed by atoms with Gasteiger partial charge in [0.15, 0.2) is 0 Å². The predicted molar refractivity (Wildman–Crippen MR) is 82.9 cm³/mol. The maximum absolute atomic E-state index is 11.8. The first-order valence-electron chi connectivity index (χ1n) is 7.45. The largest absolute Gasteiger partial charge is 0.481 e. The molecule has 6 heteroatoms. The Bertz CT molecular complexity index is 752. The molecular weight excluding hydrogens is 282 g/mol. The Morgan fingerprint density at radius 3 is 2.77 bits per heavy atom. The van der Waals surface area contributed by atoms with Crippen LogP contribution < -0.4 is 10.9 Å². The molecular formula is C16H19N3O3. The van der Waals surface area contributed by atoms with Crippen LogP contribution in [0, 0.1) is 5.92 Å². The molecule has 1 saturated carbocycles. The van der Waals surface area contributed by atoms with Crippen LogP contribution in [-0.2, 0) is 4.79 Å². The normalized spacial score (nSPS) is 25.8. The van der Waals surface area contributed by atoms with Crippen LogP contribution in [0.15, 0.2) is 29.3 Å². The summed E-state index contributed by atoms with van der Waals surface area (Å²) in [5, 5.41) is 11.7. The molecule has 1 aliphatic heterocycles. The number of aromatic nitrogens is 2. The van der Waals surface area contributed by atoms with Crippen molar-refractivity contribution < 1.29 is 9.90 Å². The molecule has 6 nitrogen and oxygen atoms in total. The van der Waals surface area contributed by atoms with Crippen molar-refractivity contribution in [2.75, 3.05) is 6.54 Å². The second-order valence-electron chi connectivity index (χ2n) is 5.97. The van der Waals surface area contributed by atoms with Crippen molar-refractivity contribution in [3.8, 4) is 0 Å². The first-order chi connectivity index (χ1) is 10.5. The van der Waals surface area contributed by atoms with Crippen molar-refractivity contribution in [1.29, 1.82) is 0 Å². The first-order valence-corrected chi connectivity index (χ1v) is 7.45. The van der Waals surface area contributed by atoms with E-state index in [4.69, 9.17) is 9.90 Å². The minimum atomic E-state index is -0.833. The third kappa shape index (κ3) is 2.87. The van der Waals surface area contributed by atoms with Crippen LogP contribution in [0.1, 0.15) is 31.2 Å². The Morgan fingerprint density at radius 1 is 1.36 bits per heavy atom.